The second kappa shape index (κ2) is 14.4. The summed E-state index contributed by atoms with van der Waals surface area (Å²) in [6, 6.07) is 0. The molecule has 1 N–H and O–H groups in total. The fourth-order valence-electron chi connectivity index (χ4n) is 0.954. The Morgan fingerprint density at radius 3 is 1.69 bits per heavy atom. The standard InChI is InChI=1S/C8H20N2.C3H8/c1-4-9-7-8-10(5-2)6-3;1-3-2/h9H,4-8H2,1-3H3;3H2,1-2H3. The smallest absolute Gasteiger partial charge is 0.0107 e. The highest BCUT2D eigenvalue weighted by atomic mass is 15.1. The molecule has 2 heteroatoms. The number of nitrogens with zero attached hydrogens (tertiary/aromatic N) is 1. The van der Waals surface area contributed by atoms with Crippen molar-refractivity contribution in [2.45, 2.75) is 41.0 Å². The lowest BCUT2D eigenvalue weighted by Crippen LogP contribution is -2.31. The van der Waals surface area contributed by atoms with Gasteiger partial charge in [0.2, 0.25) is 0 Å². The molecule has 0 fully saturated rings. The first-order valence-electron chi connectivity index (χ1n) is 5.69. The molecule has 0 aromatic rings. The molecule has 2 nitrogen and oxygen atoms in total. The first-order chi connectivity index (χ1) is 6.26. The van der Waals surface area contributed by atoms with Crippen molar-refractivity contribution >= 4 is 0 Å². The summed E-state index contributed by atoms with van der Waals surface area (Å²) in [7, 11) is 0. The van der Waals surface area contributed by atoms with Crippen molar-refractivity contribution in [2.24, 2.45) is 0 Å². The normalized spacial score (nSPS) is 9.69. The molecule has 0 aliphatic rings. The van der Waals surface area contributed by atoms with Crippen LogP contribution in [0.25, 0.3) is 0 Å². The van der Waals surface area contributed by atoms with Gasteiger partial charge in [-0.25, -0.2) is 0 Å². The molecule has 0 amide bonds. The van der Waals surface area contributed by atoms with Gasteiger partial charge in [-0.05, 0) is 19.6 Å². The Labute approximate surface area is 84.7 Å². The first kappa shape index (κ1) is 15.4. The van der Waals surface area contributed by atoms with Crippen LogP contribution in [0.1, 0.15) is 41.0 Å². The van der Waals surface area contributed by atoms with Crippen molar-refractivity contribution in [1.82, 2.24) is 10.2 Å². The Morgan fingerprint density at radius 1 is 0.923 bits per heavy atom. The Morgan fingerprint density at radius 2 is 1.38 bits per heavy atom. The molecule has 82 valence electrons. The molecular weight excluding hydrogens is 160 g/mol. The molecule has 0 saturated heterocycles. The summed E-state index contributed by atoms with van der Waals surface area (Å²) < 4.78 is 0. The fourth-order valence-corrected chi connectivity index (χ4v) is 0.954. The van der Waals surface area contributed by atoms with Gasteiger partial charge in [-0.2, -0.15) is 0 Å². The summed E-state index contributed by atoms with van der Waals surface area (Å²) in [4.78, 5) is 2.42. The maximum Gasteiger partial charge on any atom is 0.0107 e. The lowest BCUT2D eigenvalue weighted by Gasteiger charge is -2.17. The Bertz CT molecular complexity index is 70.5. The van der Waals surface area contributed by atoms with Gasteiger partial charge in [-0.1, -0.05) is 41.0 Å². The Balaban J connectivity index is 0. The summed E-state index contributed by atoms with van der Waals surface area (Å²) in [5.74, 6) is 0. The topological polar surface area (TPSA) is 15.3 Å². The van der Waals surface area contributed by atoms with Crippen molar-refractivity contribution in [1.29, 1.82) is 0 Å². The maximum atomic E-state index is 3.31. The summed E-state index contributed by atoms with van der Waals surface area (Å²) in [6.45, 7) is 16.5. The molecule has 0 unspecified atom stereocenters. The van der Waals surface area contributed by atoms with Gasteiger partial charge in [-0.15, -0.1) is 0 Å². The zero-order valence-corrected chi connectivity index (χ0v) is 10.2. The highest BCUT2D eigenvalue weighted by molar-refractivity contribution is 4.53. The molecule has 0 saturated carbocycles. The van der Waals surface area contributed by atoms with Crippen LogP contribution < -0.4 is 5.32 Å². The van der Waals surface area contributed by atoms with Gasteiger partial charge >= 0.3 is 0 Å². The number of nitrogens with one attached hydrogen (secondary N) is 1. The van der Waals surface area contributed by atoms with E-state index in [0.717, 1.165) is 13.1 Å². The molecule has 0 rings (SSSR count). The monoisotopic (exact) mass is 188 g/mol. The van der Waals surface area contributed by atoms with Crippen molar-refractivity contribution in [2.75, 3.05) is 32.7 Å². The van der Waals surface area contributed by atoms with Crippen molar-refractivity contribution < 1.29 is 0 Å². The highest BCUT2D eigenvalue weighted by Crippen LogP contribution is 1.83. The number of hydrogen-bond donors (Lipinski definition) is 1. The zero-order chi connectivity index (χ0) is 10.5. The van der Waals surface area contributed by atoms with Gasteiger partial charge in [0.25, 0.3) is 0 Å². The minimum absolute atomic E-state index is 1.08. The number of likely N-dealkylation sites (N-methyl/N-ethyl adjacent to an activating group) is 2. The van der Waals surface area contributed by atoms with E-state index in [1.807, 2.05) is 0 Å². The predicted molar refractivity (Wildman–Crippen MR) is 62.3 cm³/mol. The SMILES string of the molecule is CCC.CCNCCN(CC)CC. The van der Waals surface area contributed by atoms with Gasteiger partial charge in [0.15, 0.2) is 0 Å². The van der Waals surface area contributed by atoms with E-state index in [4.69, 9.17) is 0 Å². The summed E-state index contributed by atoms with van der Waals surface area (Å²) in [5.41, 5.74) is 0. The van der Waals surface area contributed by atoms with Crippen LogP contribution in [0.5, 0.6) is 0 Å². The van der Waals surface area contributed by atoms with E-state index in [-0.39, 0.29) is 0 Å². The van der Waals surface area contributed by atoms with E-state index >= 15 is 0 Å². The third-order valence-electron chi connectivity index (χ3n) is 1.75. The third-order valence-corrected chi connectivity index (χ3v) is 1.75. The van der Waals surface area contributed by atoms with Crippen LogP contribution in [0.4, 0.5) is 0 Å². The molecule has 13 heavy (non-hydrogen) atoms. The molecule has 0 atom stereocenters. The van der Waals surface area contributed by atoms with Gasteiger partial charge < -0.3 is 10.2 Å². The van der Waals surface area contributed by atoms with Crippen molar-refractivity contribution in [3.05, 3.63) is 0 Å². The zero-order valence-electron chi connectivity index (χ0n) is 10.2. The van der Waals surface area contributed by atoms with Crippen LogP contribution in [-0.2, 0) is 0 Å². The van der Waals surface area contributed by atoms with E-state index in [2.05, 4.69) is 44.8 Å². The largest absolute Gasteiger partial charge is 0.316 e. The number of rotatable bonds is 6. The second-order valence-corrected chi connectivity index (χ2v) is 3.09. The van der Waals surface area contributed by atoms with Crippen LogP contribution in [0.3, 0.4) is 0 Å². The van der Waals surface area contributed by atoms with Crippen molar-refractivity contribution in [3.8, 4) is 0 Å². The van der Waals surface area contributed by atoms with Crippen molar-refractivity contribution in [3.63, 3.8) is 0 Å². The minimum Gasteiger partial charge on any atom is -0.316 e. The Kier molecular flexibility index (Phi) is 17.1. The maximum absolute atomic E-state index is 3.31. The van der Waals surface area contributed by atoms with Gasteiger partial charge in [-0.3, -0.25) is 0 Å². The third kappa shape index (κ3) is 14.7. The summed E-state index contributed by atoms with van der Waals surface area (Å²) >= 11 is 0. The van der Waals surface area contributed by atoms with E-state index in [0.29, 0.717) is 0 Å². The van der Waals surface area contributed by atoms with E-state index in [1.54, 1.807) is 0 Å². The molecule has 0 bridgehead atoms. The van der Waals surface area contributed by atoms with Crippen LogP contribution in [0, 0.1) is 0 Å². The van der Waals surface area contributed by atoms with Gasteiger partial charge in [0.05, 0.1) is 0 Å². The molecule has 0 aromatic carbocycles. The quantitative estimate of drug-likeness (QED) is 0.644. The van der Waals surface area contributed by atoms with Crippen LogP contribution in [0.15, 0.2) is 0 Å². The lowest BCUT2D eigenvalue weighted by molar-refractivity contribution is 0.303. The molecule has 0 heterocycles. The molecular formula is C11H28N2. The van der Waals surface area contributed by atoms with E-state index in [9.17, 15) is 0 Å². The first-order valence-corrected chi connectivity index (χ1v) is 5.69. The minimum atomic E-state index is 1.08. The van der Waals surface area contributed by atoms with Gasteiger partial charge in [0, 0.05) is 13.1 Å². The predicted octanol–water partition coefficient (Wildman–Crippen LogP) is 2.35. The summed E-state index contributed by atoms with van der Waals surface area (Å²) in [5, 5.41) is 3.31. The highest BCUT2D eigenvalue weighted by Gasteiger charge is 1.95. The van der Waals surface area contributed by atoms with E-state index < -0.39 is 0 Å². The van der Waals surface area contributed by atoms with Crippen LogP contribution in [0.2, 0.25) is 0 Å². The number of hydrogen-bond acceptors (Lipinski definition) is 2. The van der Waals surface area contributed by atoms with Crippen LogP contribution in [-0.4, -0.2) is 37.6 Å². The fraction of sp³-hybridized carbons (Fsp3) is 1.00. The lowest BCUT2D eigenvalue weighted by atomic mass is 10.4. The van der Waals surface area contributed by atoms with Crippen LogP contribution >= 0.6 is 0 Å². The molecule has 0 aliphatic carbocycles. The molecule has 0 aliphatic heterocycles. The van der Waals surface area contributed by atoms with Gasteiger partial charge in [0.1, 0.15) is 0 Å². The molecule has 0 spiro atoms. The second-order valence-electron chi connectivity index (χ2n) is 3.09. The van der Waals surface area contributed by atoms with E-state index in [1.165, 1.54) is 26.1 Å². The summed E-state index contributed by atoms with van der Waals surface area (Å²) in [6.07, 6.45) is 1.25. The average Bonchev–Trinajstić information content (AvgIpc) is 2.14. The average molecular weight is 188 g/mol. The molecule has 0 aromatic heterocycles. The molecule has 0 radical (unpaired) electrons. The Hall–Kier alpha value is -0.0800.